The summed E-state index contributed by atoms with van der Waals surface area (Å²) in [7, 11) is 0.142. The molecule has 1 atom stereocenters. The van der Waals surface area contributed by atoms with Crippen molar-refractivity contribution >= 4 is 20.6 Å². The van der Waals surface area contributed by atoms with Crippen LogP contribution in [0, 0.1) is 6.92 Å². The molecular weight excluding hydrogens is 212 g/mol. The fourth-order valence-corrected chi connectivity index (χ4v) is 4.19. The van der Waals surface area contributed by atoms with Crippen LogP contribution in [0.1, 0.15) is 5.56 Å². The highest BCUT2D eigenvalue weighted by atomic mass is 32.2. The lowest BCUT2D eigenvalue weighted by Gasteiger charge is -1.89. The Kier molecular flexibility index (Phi) is 2.26. The van der Waals surface area contributed by atoms with Crippen molar-refractivity contribution in [3.63, 3.8) is 0 Å². The van der Waals surface area contributed by atoms with Crippen LogP contribution in [0.25, 0.3) is 15.0 Å². The van der Waals surface area contributed by atoms with E-state index in [0.717, 1.165) is 0 Å². The molecule has 78 valence electrons. The first-order valence-electron chi connectivity index (χ1n) is 5.42. The molecule has 0 saturated carbocycles. The van der Waals surface area contributed by atoms with Crippen LogP contribution in [0.3, 0.4) is 0 Å². The van der Waals surface area contributed by atoms with Gasteiger partial charge in [0, 0.05) is 21.4 Å². The number of aryl methyl sites for hydroxylation is 1. The molecular formula is C15H13S+. The van der Waals surface area contributed by atoms with Crippen LogP contribution < -0.4 is 0 Å². The monoisotopic (exact) mass is 225 g/mol. The minimum atomic E-state index is 0.142. The number of fused-ring (bicyclic) bond motifs is 1. The van der Waals surface area contributed by atoms with Crippen molar-refractivity contribution in [3.05, 3.63) is 65.5 Å². The summed E-state index contributed by atoms with van der Waals surface area (Å²) in [4.78, 5) is 1.41. The molecule has 0 spiro atoms. The first-order chi connectivity index (χ1) is 7.86. The molecule has 1 heterocycles. The Morgan fingerprint density at radius 1 is 0.812 bits per heavy atom. The normalized spacial score (nSPS) is 11.9. The predicted octanol–water partition coefficient (Wildman–Crippen LogP) is 4.89. The smallest absolute Gasteiger partial charge is 0.0619 e. The minimum absolute atomic E-state index is 0.142. The van der Waals surface area contributed by atoms with Gasteiger partial charge in [0.1, 0.15) is 5.38 Å². The summed E-state index contributed by atoms with van der Waals surface area (Å²) in [5.41, 5.74) is 1.41. The van der Waals surface area contributed by atoms with Crippen molar-refractivity contribution in [1.82, 2.24) is 0 Å². The van der Waals surface area contributed by atoms with E-state index >= 15 is 0 Å². The average molecular weight is 225 g/mol. The van der Waals surface area contributed by atoms with Crippen LogP contribution in [0.15, 0.2) is 60.0 Å². The van der Waals surface area contributed by atoms with Gasteiger partial charge in [0.05, 0.1) is 0 Å². The summed E-state index contributed by atoms with van der Waals surface area (Å²) in [6, 6.07) is 19.5. The number of hydrogen-bond acceptors (Lipinski definition) is 0. The number of hydrogen-bond donors (Lipinski definition) is 0. The molecule has 0 bridgehead atoms. The number of thiophene rings is 1. The summed E-state index contributed by atoms with van der Waals surface area (Å²) in [5, 5.41) is 3.80. The van der Waals surface area contributed by atoms with E-state index in [1.807, 2.05) is 0 Å². The van der Waals surface area contributed by atoms with Crippen molar-refractivity contribution in [1.29, 1.82) is 0 Å². The molecule has 16 heavy (non-hydrogen) atoms. The van der Waals surface area contributed by atoms with Crippen LogP contribution >= 0.6 is 10.5 Å². The van der Waals surface area contributed by atoms with E-state index in [1.54, 1.807) is 0 Å². The van der Waals surface area contributed by atoms with Crippen molar-refractivity contribution < 1.29 is 0 Å². The first-order valence-corrected chi connectivity index (χ1v) is 6.71. The molecule has 0 amide bonds. The van der Waals surface area contributed by atoms with Gasteiger partial charge in [-0.2, -0.15) is 0 Å². The molecule has 0 saturated heterocycles. The van der Waals surface area contributed by atoms with E-state index in [2.05, 4.69) is 66.9 Å². The van der Waals surface area contributed by atoms with Crippen molar-refractivity contribution in [2.24, 2.45) is 0 Å². The maximum Gasteiger partial charge on any atom is 0.186 e. The van der Waals surface area contributed by atoms with Crippen LogP contribution in [-0.2, 0) is 0 Å². The third-order valence-electron chi connectivity index (χ3n) is 2.84. The molecule has 3 aromatic rings. The quantitative estimate of drug-likeness (QED) is 0.517. The Bertz CT molecular complexity index is 620. The molecule has 0 nitrogen and oxygen atoms in total. The third-order valence-corrected chi connectivity index (χ3v) is 5.04. The second-order valence-corrected chi connectivity index (χ2v) is 5.77. The number of benzene rings is 2. The zero-order valence-electron chi connectivity index (χ0n) is 9.18. The largest absolute Gasteiger partial charge is 0.186 e. The standard InChI is InChI=1S/C15H13S/c1-12-11-16(13-7-3-2-4-8-13)15-10-6-5-9-14(12)15/h2-11H,1H3/q+1. The summed E-state index contributed by atoms with van der Waals surface area (Å²) in [5.74, 6) is 0. The van der Waals surface area contributed by atoms with Crippen LogP contribution in [0.4, 0.5) is 0 Å². The van der Waals surface area contributed by atoms with Gasteiger partial charge in [-0.1, -0.05) is 30.3 Å². The lowest BCUT2D eigenvalue weighted by atomic mass is 10.2. The van der Waals surface area contributed by atoms with Crippen molar-refractivity contribution in [2.45, 2.75) is 6.92 Å². The van der Waals surface area contributed by atoms with E-state index in [1.165, 1.54) is 20.5 Å². The van der Waals surface area contributed by atoms with Gasteiger partial charge < -0.3 is 0 Å². The molecule has 0 aliphatic heterocycles. The molecule has 0 fully saturated rings. The highest BCUT2D eigenvalue weighted by Gasteiger charge is 2.17. The van der Waals surface area contributed by atoms with Crippen LogP contribution in [0.2, 0.25) is 0 Å². The maximum atomic E-state index is 2.39. The third kappa shape index (κ3) is 1.44. The second kappa shape index (κ2) is 3.76. The van der Waals surface area contributed by atoms with Gasteiger partial charge >= 0.3 is 0 Å². The van der Waals surface area contributed by atoms with E-state index in [9.17, 15) is 0 Å². The molecule has 2 aromatic carbocycles. The van der Waals surface area contributed by atoms with Crippen molar-refractivity contribution in [2.75, 3.05) is 0 Å². The predicted molar refractivity (Wildman–Crippen MR) is 72.5 cm³/mol. The van der Waals surface area contributed by atoms with Gasteiger partial charge in [0.25, 0.3) is 0 Å². The lowest BCUT2D eigenvalue weighted by Crippen LogP contribution is -1.67. The molecule has 0 N–H and O–H groups in total. The fraction of sp³-hybridized carbons (Fsp3) is 0.0667. The zero-order chi connectivity index (χ0) is 11.0. The van der Waals surface area contributed by atoms with E-state index in [4.69, 9.17) is 0 Å². The average Bonchev–Trinajstić information content (AvgIpc) is 2.69. The summed E-state index contributed by atoms with van der Waals surface area (Å²) in [6.07, 6.45) is 0. The first kappa shape index (κ1) is 9.61. The van der Waals surface area contributed by atoms with Crippen LogP contribution in [0.5, 0.6) is 0 Å². The van der Waals surface area contributed by atoms with Gasteiger partial charge in [0.15, 0.2) is 9.60 Å². The molecule has 0 aliphatic carbocycles. The molecule has 1 unspecified atom stereocenters. The van der Waals surface area contributed by atoms with Crippen molar-refractivity contribution in [3.8, 4) is 4.90 Å². The Morgan fingerprint density at radius 3 is 2.31 bits per heavy atom. The second-order valence-electron chi connectivity index (χ2n) is 3.95. The minimum Gasteiger partial charge on any atom is -0.0619 e. The van der Waals surface area contributed by atoms with E-state index in [-0.39, 0.29) is 10.5 Å². The molecule has 0 radical (unpaired) electrons. The van der Waals surface area contributed by atoms with E-state index < -0.39 is 0 Å². The number of rotatable bonds is 1. The summed E-state index contributed by atoms with van der Waals surface area (Å²) in [6.45, 7) is 2.20. The topological polar surface area (TPSA) is 0 Å². The summed E-state index contributed by atoms with van der Waals surface area (Å²) < 4.78 is 1.46. The SMILES string of the molecule is Cc1c[s+](-c2ccccc2)c2ccccc12. The Hall–Kier alpha value is -1.60. The van der Waals surface area contributed by atoms with Gasteiger partial charge in [0.2, 0.25) is 0 Å². The maximum absolute atomic E-state index is 2.39. The van der Waals surface area contributed by atoms with Gasteiger partial charge in [-0.3, -0.25) is 0 Å². The highest BCUT2D eigenvalue weighted by molar-refractivity contribution is 7.43. The van der Waals surface area contributed by atoms with Crippen LogP contribution in [-0.4, -0.2) is 0 Å². The Balaban J connectivity index is 2.33. The lowest BCUT2D eigenvalue weighted by molar-refractivity contribution is 1.60. The van der Waals surface area contributed by atoms with Gasteiger partial charge in [-0.25, -0.2) is 0 Å². The van der Waals surface area contributed by atoms with Gasteiger partial charge in [-0.05, 0) is 31.2 Å². The summed E-state index contributed by atoms with van der Waals surface area (Å²) >= 11 is 0. The molecule has 1 heteroatoms. The fourth-order valence-electron chi connectivity index (χ4n) is 2.05. The van der Waals surface area contributed by atoms with E-state index in [0.29, 0.717) is 0 Å². The molecule has 0 aliphatic rings. The van der Waals surface area contributed by atoms with Gasteiger partial charge in [-0.15, -0.1) is 0 Å². The Morgan fingerprint density at radius 2 is 1.50 bits per heavy atom. The molecule has 1 aromatic heterocycles. The Labute approximate surface area is 98.1 Å². The highest BCUT2D eigenvalue weighted by Crippen LogP contribution is 2.41. The molecule has 3 rings (SSSR count). The zero-order valence-corrected chi connectivity index (χ0v) is 10.00.